The van der Waals surface area contributed by atoms with E-state index in [2.05, 4.69) is 17.0 Å². The summed E-state index contributed by atoms with van der Waals surface area (Å²) in [5, 5.41) is 12.3. The second-order valence-corrected chi connectivity index (χ2v) is 10.1. The number of furan rings is 1. The van der Waals surface area contributed by atoms with Crippen molar-refractivity contribution in [1.82, 2.24) is 4.90 Å². The van der Waals surface area contributed by atoms with E-state index in [1.165, 1.54) is 5.56 Å². The Morgan fingerprint density at radius 3 is 1.80 bits per heavy atom. The largest absolute Gasteiger partial charge is 0.497 e. The van der Waals surface area contributed by atoms with E-state index in [9.17, 15) is 5.11 Å². The van der Waals surface area contributed by atoms with Crippen molar-refractivity contribution in [2.45, 2.75) is 37.6 Å². The molecule has 0 amide bonds. The maximum absolute atomic E-state index is 12.3. The summed E-state index contributed by atoms with van der Waals surface area (Å²) in [4.78, 5) is 2.33. The van der Waals surface area contributed by atoms with Crippen molar-refractivity contribution in [3.05, 3.63) is 113 Å². The molecule has 3 aromatic carbocycles. The lowest BCUT2D eigenvalue weighted by Gasteiger charge is -2.28. The van der Waals surface area contributed by atoms with Crippen LogP contribution in [0.25, 0.3) is 0 Å². The maximum atomic E-state index is 12.3. The third-order valence-electron chi connectivity index (χ3n) is 7.46. The quantitative estimate of drug-likeness (QED) is 0.243. The molecular weight excluding hydrogens is 506 g/mol. The molecule has 7 nitrogen and oxygen atoms in total. The summed E-state index contributed by atoms with van der Waals surface area (Å²) >= 11 is 0. The monoisotopic (exact) mass is 543 g/mol. The number of aliphatic hydroxyl groups is 1. The van der Waals surface area contributed by atoms with Crippen molar-refractivity contribution < 1.29 is 28.5 Å². The minimum Gasteiger partial charge on any atom is -0.497 e. The molecule has 0 spiro atoms. The van der Waals surface area contributed by atoms with Gasteiger partial charge >= 0.3 is 0 Å². The molecule has 210 valence electrons. The fourth-order valence-corrected chi connectivity index (χ4v) is 5.24. The zero-order chi connectivity index (χ0) is 28.0. The first-order valence-corrected chi connectivity index (χ1v) is 13.6. The molecule has 1 atom stereocenters. The Bertz CT molecular complexity index is 1290. The number of benzene rings is 3. The third kappa shape index (κ3) is 6.17. The Morgan fingerprint density at radius 1 is 0.750 bits per heavy atom. The Balaban J connectivity index is 1.44. The molecular formula is C33H37NO6. The zero-order valence-corrected chi connectivity index (χ0v) is 23.3. The van der Waals surface area contributed by atoms with Crippen LogP contribution < -0.4 is 14.2 Å². The number of methoxy groups -OCH3 is 3. The van der Waals surface area contributed by atoms with Crippen LogP contribution in [-0.2, 0) is 23.4 Å². The molecule has 0 radical (unpaired) electrons. The Hall–Kier alpha value is -3.78. The van der Waals surface area contributed by atoms with Gasteiger partial charge < -0.3 is 28.5 Å². The molecule has 40 heavy (non-hydrogen) atoms. The van der Waals surface area contributed by atoms with Gasteiger partial charge in [-0.15, -0.1) is 0 Å². The normalized spacial score (nSPS) is 15.4. The molecule has 1 saturated heterocycles. The predicted molar refractivity (Wildman–Crippen MR) is 153 cm³/mol. The molecule has 1 fully saturated rings. The molecule has 1 aliphatic heterocycles. The molecule has 2 heterocycles. The SMILES string of the molecule is COc1ccc(CN(Cc2ccc(C(O)(c3ccc(OC)cc3)c3ccc(OC)cc3)o2)CC2CCCO2)cc1. The van der Waals surface area contributed by atoms with Gasteiger partial charge in [-0.1, -0.05) is 36.4 Å². The van der Waals surface area contributed by atoms with E-state index in [0.29, 0.717) is 34.9 Å². The first-order chi connectivity index (χ1) is 19.5. The van der Waals surface area contributed by atoms with Crippen molar-refractivity contribution in [1.29, 1.82) is 0 Å². The van der Waals surface area contributed by atoms with Crippen LogP contribution in [0, 0.1) is 0 Å². The Morgan fingerprint density at radius 2 is 1.30 bits per heavy atom. The highest BCUT2D eigenvalue weighted by Crippen LogP contribution is 2.39. The van der Waals surface area contributed by atoms with Crippen LogP contribution in [0.15, 0.2) is 89.3 Å². The van der Waals surface area contributed by atoms with E-state index in [4.69, 9.17) is 23.4 Å². The zero-order valence-electron chi connectivity index (χ0n) is 23.3. The summed E-state index contributed by atoms with van der Waals surface area (Å²) in [5.74, 6) is 3.47. The standard InChI is InChI=1S/C33H37NO6/c1-36-27-12-6-24(7-13-27)21-34(22-30-5-4-20-39-30)23-31-18-19-32(40-31)33(35,25-8-14-28(37-2)15-9-25)26-10-16-29(38-3)17-11-26/h6-19,30,35H,4-5,20-23H2,1-3H3. The van der Waals surface area contributed by atoms with Gasteiger partial charge in [-0.25, -0.2) is 0 Å². The van der Waals surface area contributed by atoms with Crippen LogP contribution in [0.5, 0.6) is 17.2 Å². The number of nitrogens with zero attached hydrogens (tertiary/aromatic N) is 1. The Kier molecular flexibility index (Phi) is 8.75. The fourth-order valence-electron chi connectivity index (χ4n) is 5.24. The molecule has 5 rings (SSSR count). The van der Waals surface area contributed by atoms with Gasteiger partial charge in [-0.05, 0) is 78.1 Å². The fraction of sp³-hybridized carbons (Fsp3) is 0.333. The van der Waals surface area contributed by atoms with E-state index < -0.39 is 5.60 Å². The molecule has 4 aromatic rings. The van der Waals surface area contributed by atoms with Crippen LogP contribution in [0.4, 0.5) is 0 Å². The van der Waals surface area contributed by atoms with Gasteiger partial charge in [-0.3, -0.25) is 4.90 Å². The second kappa shape index (κ2) is 12.6. The molecule has 1 aliphatic rings. The van der Waals surface area contributed by atoms with E-state index in [-0.39, 0.29) is 6.10 Å². The van der Waals surface area contributed by atoms with Crippen LogP contribution in [0.2, 0.25) is 0 Å². The lowest BCUT2D eigenvalue weighted by molar-refractivity contribution is 0.0630. The molecule has 0 saturated carbocycles. The van der Waals surface area contributed by atoms with Gasteiger partial charge in [0.05, 0.1) is 34.0 Å². The van der Waals surface area contributed by atoms with Gasteiger partial charge in [0.15, 0.2) is 5.60 Å². The Labute approximate surface area is 235 Å². The number of hydrogen-bond acceptors (Lipinski definition) is 7. The minimum absolute atomic E-state index is 0.197. The summed E-state index contributed by atoms with van der Waals surface area (Å²) in [6, 6.07) is 26.7. The van der Waals surface area contributed by atoms with Crippen LogP contribution in [0.3, 0.4) is 0 Å². The molecule has 1 N–H and O–H groups in total. The van der Waals surface area contributed by atoms with E-state index >= 15 is 0 Å². The summed E-state index contributed by atoms with van der Waals surface area (Å²) < 4.78 is 28.4. The summed E-state index contributed by atoms with van der Waals surface area (Å²) in [6.45, 7) is 2.92. The van der Waals surface area contributed by atoms with Gasteiger partial charge in [0.25, 0.3) is 0 Å². The first-order valence-electron chi connectivity index (χ1n) is 13.6. The molecule has 0 aliphatic carbocycles. The van der Waals surface area contributed by atoms with Gasteiger partial charge in [0.1, 0.15) is 28.8 Å². The smallest absolute Gasteiger partial charge is 0.173 e. The minimum atomic E-state index is -1.51. The van der Waals surface area contributed by atoms with Crippen LogP contribution in [0.1, 0.15) is 41.1 Å². The van der Waals surface area contributed by atoms with Crippen molar-refractivity contribution in [2.75, 3.05) is 34.5 Å². The highest BCUT2D eigenvalue weighted by molar-refractivity contribution is 5.46. The lowest BCUT2D eigenvalue weighted by Crippen LogP contribution is -2.31. The molecule has 7 heteroatoms. The van der Waals surface area contributed by atoms with Gasteiger partial charge in [0.2, 0.25) is 0 Å². The van der Waals surface area contributed by atoms with Crippen molar-refractivity contribution >= 4 is 0 Å². The predicted octanol–water partition coefficient (Wildman–Crippen LogP) is 5.77. The van der Waals surface area contributed by atoms with Crippen molar-refractivity contribution in [3.63, 3.8) is 0 Å². The van der Waals surface area contributed by atoms with E-state index in [1.54, 1.807) is 21.3 Å². The van der Waals surface area contributed by atoms with Crippen molar-refractivity contribution in [3.8, 4) is 17.2 Å². The van der Waals surface area contributed by atoms with Crippen LogP contribution in [-0.4, -0.2) is 50.6 Å². The number of ether oxygens (including phenoxy) is 4. The highest BCUT2D eigenvalue weighted by atomic mass is 16.5. The molecule has 1 aromatic heterocycles. The maximum Gasteiger partial charge on any atom is 0.173 e. The average molecular weight is 544 g/mol. The van der Waals surface area contributed by atoms with Crippen molar-refractivity contribution in [2.24, 2.45) is 0 Å². The lowest BCUT2D eigenvalue weighted by atomic mass is 9.84. The number of rotatable bonds is 12. The van der Waals surface area contributed by atoms with Gasteiger partial charge in [-0.2, -0.15) is 0 Å². The number of hydrogen-bond donors (Lipinski definition) is 1. The summed E-state index contributed by atoms with van der Waals surface area (Å²) in [5.41, 5.74) is 1.02. The summed E-state index contributed by atoms with van der Waals surface area (Å²) in [7, 11) is 4.92. The second-order valence-electron chi connectivity index (χ2n) is 10.1. The van der Waals surface area contributed by atoms with Gasteiger partial charge in [0, 0.05) is 19.7 Å². The average Bonchev–Trinajstić information content (AvgIpc) is 3.70. The summed E-state index contributed by atoms with van der Waals surface area (Å²) in [6.07, 6.45) is 2.34. The molecule has 0 bridgehead atoms. The van der Waals surface area contributed by atoms with E-state index in [0.717, 1.165) is 44.0 Å². The van der Waals surface area contributed by atoms with Crippen LogP contribution >= 0.6 is 0 Å². The van der Waals surface area contributed by atoms with E-state index in [1.807, 2.05) is 72.8 Å². The topological polar surface area (TPSA) is 73.5 Å². The first kappa shape index (κ1) is 27.8. The highest BCUT2D eigenvalue weighted by Gasteiger charge is 2.37. The molecule has 1 unspecified atom stereocenters. The third-order valence-corrected chi connectivity index (χ3v) is 7.46.